The van der Waals surface area contributed by atoms with Crippen molar-refractivity contribution in [2.24, 2.45) is 5.92 Å². The van der Waals surface area contributed by atoms with Crippen molar-refractivity contribution in [2.45, 2.75) is 95.5 Å². The monoisotopic (exact) mass is 499 g/mol. The number of carbonyl (C=O) groups is 1. The summed E-state index contributed by atoms with van der Waals surface area (Å²) >= 11 is 1.29. The van der Waals surface area contributed by atoms with Crippen LogP contribution < -0.4 is 5.73 Å². The molecule has 0 aromatic heterocycles. The number of carbonyl (C=O) groups excluding carboxylic acids is 1. The van der Waals surface area contributed by atoms with E-state index in [0.717, 1.165) is 59.4 Å². The molecule has 1 saturated carbocycles. The summed E-state index contributed by atoms with van der Waals surface area (Å²) in [5, 5.41) is 20.4. The molecule has 35 heavy (non-hydrogen) atoms. The predicted octanol–water partition coefficient (Wildman–Crippen LogP) is 6.89. The molecule has 3 rings (SSSR count). The fourth-order valence-corrected chi connectivity index (χ4v) is 6.48. The zero-order valence-corrected chi connectivity index (χ0v) is 22.6. The summed E-state index contributed by atoms with van der Waals surface area (Å²) in [6, 6.07) is 3.98. The van der Waals surface area contributed by atoms with Crippen LogP contribution in [0.5, 0.6) is 0 Å². The summed E-state index contributed by atoms with van der Waals surface area (Å²) in [6.45, 7) is 10.3. The van der Waals surface area contributed by atoms with Gasteiger partial charge in [0, 0.05) is 17.0 Å². The van der Waals surface area contributed by atoms with Gasteiger partial charge in [-0.2, -0.15) is 0 Å². The Morgan fingerprint density at radius 3 is 2.54 bits per heavy atom. The molecule has 0 spiro atoms. The minimum Gasteiger partial charge on any atom is -0.511 e. The molecule has 1 aliphatic carbocycles. The van der Waals surface area contributed by atoms with E-state index in [-0.39, 0.29) is 28.6 Å². The Balaban J connectivity index is 1.93. The highest BCUT2D eigenvalue weighted by Gasteiger charge is 2.48. The molecule has 5 nitrogen and oxygen atoms in total. The zero-order valence-electron chi connectivity index (χ0n) is 21.8. The number of hydrogen-bond donors (Lipinski definition) is 3. The Kier molecular flexibility index (Phi) is 8.81. The van der Waals surface area contributed by atoms with E-state index in [1.54, 1.807) is 6.08 Å². The topological polar surface area (TPSA) is 92.8 Å². The van der Waals surface area contributed by atoms with E-state index >= 15 is 0 Å². The van der Waals surface area contributed by atoms with Crippen LogP contribution in [0.2, 0.25) is 0 Å². The first kappa shape index (κ1) is 27.4. The second-order valence-corrected chi connectivity index (χ2v) is 11.9. The average molecular weight is 500 g/mol. The maximum Gasteiger partial charge on any atom is 0.349 e. The van der Waals surface area contributed by atoms with Crippen molar-refractivity contribution in [2.75, 3.05) is 12.3 Å². The number of nitrogens with two attached hydrogens (primary N) is 1. The number of cyclic esters (lactones) is 1. The van der Waals surface area contributed by atoms with Crippen LogP contribution in [-0.2, 0) is 14.9 Å². The van der Waals surface area contributed by atoms with Crippen LogP contribution in [0, 0.1) is 12.8 Å². The van der Waals surface area contributed by atoms with Gasteiger partial charge in [-0.3, -0.25) is 0 Å². The Hall–Kier alpha value is -2.18. The molecular weight excluding hydrogens is 458 g/mol. The van der Waals surface area contributed by atoms with Gasteiger partial charge < -0.3 is 20.7 Å². The molecule has 1 heterocycles. The van der Waals surface area contributed by atoms with Crippen molar-refractivity contribution < 1.29 is 19.7 Å². The molecule has 0 amide bonds. The van der Waals surface area contributed by atoms with Crippen LogP contribution in [0.1, 0.15) is 83.8 Å². The third kappa shape index (κ3) is 6.34. The molecule has 0 saturated heterocycles. The third-order valence-corrected chi connectivity index (χ3v) is 8.51. The van der Waals surface area contributed by atoms with E-state index in [1.165, 1.54) is 11.8 Å². The maximum atomic E-state index is 13.4. The lowest BCUT2D eigenvalue weighted by Crippen LogP contribution is -2.45. The number of aliphatic hydroxyl groups is 2. The number of aryl methyl sites for hydroxylation is 1. The summed E-state index contributed by atoms with van der Waals surface area (Å²) in [5.41, 5.74) is 9.12. The largest absolute Gasteiger partial charge is 0.511 e. The van der Waals surface area contributed by atoms with Crippen molar-refractivity contribution in [3.8, 4) is 0 Å². The lowest BCUT2D eigenvalue weighted by molar-refractivity contribution is -0.166. The molecule has 1 atom stereocenters. The Bertz CT molecular complexity index is 1030. The van der Waals surface area contributed by atoms with Gasteiger partial charge in [-0.25, -0.2) is 4.79 Å². The standard InChI is InChI=1S/C29H41NO4S/c1-6-20(10-9-15-31)13-14-29(21-11-7-8-12-21)18-24(32)26(27(33)34-29)35-25-16-19(2)23(30)17-22(25)28(3,4)5/h6,9-10,16-17,21,31-32H,7-8,11-15,18,30H2,1-5H3/b10-9-,20-6+. The molecule has 1 unspecified atom stereocenters. The van der Waals surface area contributed by atoms with Crippen LogP contribution in [0.25, 0.3) is 0 Å². The van der Waals surface area contributed by atoms with Crippen molar-refractivity contribution >= 4 is 23.4 Å². The summed E-state index contributed by atoms with van der Waals surface area (Å²) in [7, 11) is 0. The van der Waals surface area contributed by atoms with E-state index in [9.17, 15) is 9.90 Å². The fourth-order valence-electron chi connectivity index (χ4n) is 5.23. The molecule has 1 fully saturated rings. The Morgan fingerprint density at radius 1 is 1.29 bits per heavy atom. The molecule has 192 valence electrons. The van der Waals surface area contributed by atoms with Crippen LogP contribution >= 0.6 is 11.8 Å². The quantitative estimate of drug-likeness (QED) is 0.205. The highest BCUT2D eigenvalue weighted by Crippen LogP contribution is 2.49. The first-order chi connectivity index (χ1) is 16.5. The van der Waals surface area contributed by atoms with Gasteiger partial charge in [0.1, 0.15) is 16.3 Å². The molecule has 0 radical (unpaired) electrons. The van der Waals surface area contributed by atoms with Gasteiger partial charge in [0.2, 0.25) is 0 Å². The van der Waals surface area contributed by atoms with E-state index in [0.29, 0.717) is 12.8 Å². The summed E-state index contributed by atoms with van der Waals surface area (Å²) in [5.74, 6) is -0.0719. The van der Waals surface area contributed by atoms with Gasteiger partial charge in [0.05, 0.1) is 6.61 Å². The molecule has 0 bridgehead atoms. The second kappa shape index (κ2) is 11.3. The normalized spacial score (nSPS) is 22.3. The van der Waals surface area contributed by atoms with Gasteiger partial charge in [-0.05, 0) is 74.1 Å². The zero-order chi connectivity index (χ0) is 25.8. The average Bonchev–Trinajstić information content (AvgIpc) is 3.33. The first-order valence-electron chi connectivity index (χ1n) is 12.7. The number of anilines is 1. The van der Waals surface area contributed by atoms with E-state index < -0.39 is 11.6 Å². The van der Waals surface area contributed by atoms with Gasteiger partial charge in [0.15, 0.2) is 0 Å². The van der Waals surface area contributed by atoms with Crippen molar-refractivity contribution in [1.29, 1.82) is 0 Å². The molecule has 2 aliphatic rings. The Morgan fingerprint density at radius 2 is 1.97 bits per heavy atom. The van der Waals surface area contributed by atoms with E-state index in [1.807, 2.05) is 38.1 Å². The number of hydrogen-bond acceptors (Lipinski definition) is 6. The predicted molar refractivity (Wildman–Crippen MR) is 144 cm³/mol. The Labute approximate surface area is 214 Å². The summed E-state index contributed by atoms with van der Waals surface area (Å²) in [4.78, 5) is 14.6. The van der Waals surface area contributed by atoms with E-state index in [4.69, 9.17) is 15.6 Å². The molecule has 4 N–H and O–H groups in total. The fraction of sp³-hybridized carbons (Fsp3) is 0.552. The highest BCUT2D eigenvalue weighted by molar-refractivity contribution is 8.04. The lowest BCUT2D eigenvalue weighted by atomic mass is 9.77. The second-order valence-electron chi connectivity index (χ2n) is 10.9. The molecule has 1 aromatic rings. The number of esters is 1. The number of aliphatic hydroxyl groups excluding tert-OH is 2. The maximum absolute atomic E-state index is 13.4. The molecule has 1 aliphatic heterocycles. The van der Waals surface area contributed by atoms with Crippen LogP contribution in [0.3, 0.4) is 0 Å². The summed E-state index contributed by atoms with van der Waals surface area (Å²) < 4.78 is 6.29. The van der Waals surface area contributed by atoms with E-state index in [2.05, 4.69) is 20.8 Å². The number of ether oxygens (including phenoxy) is 1. The molecular formula is C29H41NO4S. The SMILES string of the molecule is C/C=C(\C=C/CO)CCC1(C2CCCC2)CC(O)=C(Sc2cc(C)c(N)cc2C(C)(C)C)C(=O)O1. The first-order valence-corrected chi connectivity index (χ1v) is 13.5. The summed E-state index contributed by atoms with van der Waals surface area (Å²) in [6.07, 6.45) is 11.6. The minimum absolute atomic E-state index is 0.00856. The highest BCUT2D eigenvalue weighted by atomic mass is 32.2. The van der Waals surface area contributed by atoms with Crippen molar-refractivity contribution in [1.82, 2.24) is 0 Å². The molecule has 1 aromatic carbocycles. The van der Waals surface area contributed by atoms with Gasteiger partial charge in [-0.1, -0.05) is 69.2 Å². The third-order valence-electron chi connectivity index (χ3n) is 7.34. The minimum atomic E-state index is -0.701. The van der Waals surface area contributed by atoms with Crippen LogP contribution in [-0.4, -0.2) is 28.4 Å². The van der Waals surface area contributed by atoms with Gasteiger partial charge in [0.25, 0.3) is 0 Å². The smallest absolute Gasteiger partial charge is 0.349 e. The van der Waals surface area contributed by atoms with Crippen LogP contribution in [0.4, 0.5) is 5.69 Å². The number of thioether (sulfide) groups is 1. The number of nitrogen functional groups attached to an aromatic ring is 1. The van der Waals surface area contributed by atoms with Crippen LogP contribution in [0.15, 0.2) is 51.5 Å². The van der Waals surface area contributed by atoms with Gasteiger partial charge >= 0.3 is 5.97 Å². The molecule has 6 heteroatoms. The number of allylic oxidation sites excluding steroid dienone is 3. The lowest BCUT2D eigenvalue weighted by Gasteiger charge is -2.42. The number of benzene rings is 1. The van der Waals surface area contributed by atoms with Gasteiger partial charge in [-0.15, -0.1) is 0 Å². The van der Waals surface area contributed by atoms with Crippen molar-refractivity contribution in [3.05, 3.63) is 57.7 Å². The number of rotatable bonds is 8. The van der Waals surface area contributed by atoms with Crippen molar-refractivity contribution in [3.63, 3.8) is 0 Å².